The Kier molecular flexibility index (Phi) is 7.33. The zero-order chi connectivity index (χ0) is 26.3. The molecule has 3 aliphatic rings. The van der Waals surface area contributed by atoms with E-state index < -0.39 is 39.2 Å². The average molecular weight is 552 g/mol. The van der Waals surface area contributed by atoms with E-state index in [1.165, 1.54) is 0 Å². The van der Waals surface area contributed by atoms with Gasteiger partial charge in [-0.05, 0) is 74.2 Å². The molecule has 0 unspecified atom stereocenters. The Morgan fingerprint density at radius 3 is 2.47 bits per heavy atom. The lowest BCUT2D eigenvalue weighted by atomic mass is 9.61. The Hall–Kier alpha value is -2.67. The number of nitrogens with one attached hydrogen (secondary N) is 1. The number of aromatic nitrogens is 2. The summed E-state index contributed by atoms with van der Waals surface area (Å²) in [5.41, 5.74) is -6.12. The van der Waals surface area contributed by atoms with Crippen molar-refractivity contribution >= 4 is 33.5 Å². The monoisotopic (exact) mass is 551 g/mol. The smallest absolute Gasteiger partial charge is 0.466 e. The third-order valence-electron chi connectivity index (χ3n) is 6.56. The molecule has 0 amide bonds. The average Bonchev–Trinajstić information content (AvgIpc) is 2.80. The Labute approximate surface area is 209 Å². The summed E-state index contributed by atoms with van der Waals surface area (Å²) in [6.07, 6.45) is 4.48. The standard InChI is InChI=1S/C22H22ClF4N3O5S/c1-2-34-20(31)17-11-3-5-12(6-4-11)18(17)29-19-15(10-28-21(23)30-19)14-9-13(24)7-8-16(14)35-36(32,33)22(25,26)27/h7-12,17-18H,2-6H2,1H3,(H,28,29,30)/t11?,12?,17-,18-/m0/s1. The third kappa shape index (κ3) is 5.22. The number of nitrogens with zero attached hydrogens (tertiary/aromatic N) is 2. The number of halogens is 5. The molecule has 0 saturated heterocycles. The lowest BCUT2D eigenvalue weighted by Crippen LogP contribution is -2.52. The van der Waals surface area contributed by atoms with Crippen molar-refractivity contribution in [1.82, 2.24) is 9.97 Å². The van der Waals surface area contributed by atoms with Crippen LogP contribution in [0, 0.1) is 23.6 Å². The molecule has 2 bridgehead atoms. The first-order chi connectivity index (χ1) is 16.9. The third-order valence-corrected chi connectivity index (χ3v) is 7.70. The highest BCUT2D eigenvalue weighted by molar-refractivity contribution is 7.88. The predicted molar refractivity (Wildman–Crippen MR) is 121 cm³/mol. The summed E-state index contributed by atoms with van der Waals surface area (Å²) in [5, 5.41) is 2.94. The van der Waals surface area contributed by atoms with Crippen molar-refractivity contribution < 1.29 is 39.7 Å². The van der Waals surface area contributed by atoms with Crippen LogP contribution in [0.25, 0.3) is 11.1 Å². The van der Waals surface area contributed by atoms with Crippen LogP contribution in [0.4, 0.5) is 23.4 Å². The fraction of sp³-hybridized carbons (Fsp3) is 0.500. The minimum atomic E-state index is -6.05. The van der Waals surface area contributed by atoms with Gasteiger partial charge in [0.2, 0.25) is 5.28 Å². The number of anilines is 1. The van der Waals surface area contributed by atoms with Crippen molar-refractivity contribution in [3.05, 3.63) is 35.5 Å². The largest absolute Gasteiger partial charge is 0.534 e. The Bertz CT molecular complexity index is 1250. The second-order valence-electron chi connectivity index (χ2n) is 8.65. The maximum Gasteiger partial charge on any atom is 0.534 e. The molecule has 3 saturated carbocycles. The number of hydrogen-bond acceptors (Lipinski definition) is 8. The highest BCUT2D eigenvalue weighted by Gasteiger charge is 2.50. The van der Waals surface area contributed by atoms with Crippen LogP contribution in [-0.2, 0) is 19.6 Å². The number of hydrogen-bond donors (Lipinski definition) is 1. The van der Waals surface area contributed by atoms with E-state index in [1.807, 2.05) is 0 Å². The second kappa shape index (κ2) is 10.0. The molecular formula is C22H22ClF4N3O5S. The van der Waals surface area contributed by atoms with Gasteiger partial charge in [0.1, 0.15) is 11.6 Å². The predicted octanol–water partition coefficient (Wildman–Crippen LogP) is 4.94. The van der Waals surface area contributed by atoms with E-state index in [0.717, 1.165) is 50.1 Å². The van der Waals surface area contributed by atoms with Crippen LogP contribution in [0.2, 0.25) is 5.28 Å². The van der Waals surface area contributed by atoms with E-state index in [9.17, 15) is 30.8 Å². The summed E-state index contributed by atoms with van der Waals surface area (Å²) in [6, 6.07) is 1.87. The zero-order valence-electron chi connectivity index (χ0n) is 18.9. The van der Waals surface area contributed by atoms with Gasteiger partial charge < -0.3 is 14.2 Å². The van der Waals surface area contributed by atoms with Crippen molar-refractivity contribution in [2.45, 2.75) is 44.2 Å². The summed E-state index contributed by atoms with van der Waals surface area (Å²) >= 11 is 5.98. The van der Waals surface area contributed by atoms with Gasteiger partial charge in [0.05, 0.1) is 12.5 Å². The molecule has 36 heavy (non-hydrogen) atoms. The van der Waals surface area contributed by atoms with Crippen molar-refractivity contribution in [2.24, 2.45) is 17.8 Å². The molecule has 1 aromatic carbocycles. The SMILES string of the molecule is CCOC(=O)[C@H]1C2CCC(CC2)[C@@H]1Nc1nc(Cl)ncc1-c1cc(F)ccc1OS(=O)(=O)C(F)(F)F. The van der Waals surface area contributed by atoms with Crippen molar-refractivity contribution in [3.8, 4) is 16.9 Å². The van der Waals surface area contributed by atoms with Crippen LogP contribution in [0.3, 0.4) is 0 Å². The van der Waals surface area contributed by atoms with E-state index in [2.05, 4.69) is 19.5 Å². The van der Waals surface area contributed by atoms with E-state index in [-0.39, 0.29) is 46.6 Å². The lowest BCUT2D eigenvalue weighted by molar-refractivity contribution is -0.154. The summed E-state index contributed by atoms with van der Waals surface area (Å²) < 4.78 is 85.9. The fourth-order valence-corrected chi connectivity index (χ4v) is 5.62. The molecule has 2 atom stereocenters. The molecule has 0 spiro atoms. The van der Waals surface area contributed by atoms with Crippen LogP contribution in [0.15, 0.2) is 24.4 Å². The normalized spacial score (nSPS) is 23.8. The van der Waals surface area contributed by atoms with E-state index in [4.69, 9.17) is 16.3 Å². The van der Waals surface area contributed by atoms with E-state index >= 15 is 0 Å². The van der Waals surface area contributed by atoms with Gasteiger partial charge >= 0.3 is 21.6 Å². The van der Waals surface area contributed by atoms with Gasteiger partial charge in [-0.15, -0.1) is 0 Å². The molecule has 1 aromatic heterocycles. The number of ether oxygens (including phenoxy) is 1. The zero-order valence-corrected chi connectivity index (χ0v) is 20.5. The van der Waals surface area contributed by atoms with Crippen LogP contribution < -0.4 is 9.50 Å². The molecular weight excluding hydrogens is 530 g/mol. The Morgan fingerprint density at radius 1 is 1.17 bits per heavy atom. The van der Waals surface area contributed by atoms with Crippen LogP contribution >= 0.6 is 11.6 Å². The fourth-order valence-electron chi connectivity index (χ4n) is 5.01. The number of rotatable bonds is 7. The topological polar surface area (TPSA) is 107 Å². The first-order valence-electron chi connectivity index (χ1n) is 11.2. The van der Waals surface area contributed by atoms with Gasteiger partial charge in [-0.3, -0.25) is 4.79 Å². The van der Waals surface area contributed by atoms with Crippen LogP contribution in [0.5, 0.6) is 5.75 Å². The van der Waals surface area contributed by atoms with Gasteiger partial charge in [-0.1, -0.05) is 0 Å². The van der Waals surface area contributed by atoms with Crippen LogP contribution in [-0.4, -0.2) is 42.5 Å². The quantitative estimate of drug-likeness (QED) is 0.169. The molecule has 1 N–H and O–H groups in total. The number of carbonyl (C=O) groups is 1. The summed E-state index contributed by atoms with van der Waals surface area (Å²) in [5.74, 6) is -2.41. The number of benzene rings is 1. The minimum absolute atomic E-state index is 0.0123. The molecule has 196 valence electrons. The molecule has 1 heterocycles. The molecule has 14 heteroatoms. The van der Waals surface area contributed by atoms with Gasteiger partial charge in [-0.2, -0.15) is 21.6 Å². The Morgan fingerprint density at radius 2 is 1.83 bits per heavy atom. The van der Waals surface area contributed by atoms with Crippen molar-refractivity contribution in [3.63, 3.8) is 0 Å². The van der Waals surface area contributed by atoms with Gasteiger partial charge in [-0.25, -0.2) is 14.4 Å². The maximum atomic E-state index is 14.2. The molecule has 3 aliphatic carbocycles. The highest BCUT2D eigenvalue weighted by Crippen LogP contribution is 2.47. The van der Waals surface area contributed by atoms with Crippen molar-refractivity contribution in [1.29, 1.82) is 0 Å². The number of fused-ring (bicyclic) bond motifs is 3. The van der Waals surface area contributed by atoms with E-state index in [0.29, 0.717) is 0 Å². The van der Waals surface area contributed by atoms with Gasteiger partial charge in [0, 0.05) is 23.4 Å². The molecule has 0 radical (unpaired) electrons. The molecule has 3 fully saturated rings. The Balaban J connectivity index is 1.77. The summed E-state index contributed by atoms with van der Waals surface area (Å²) in [7, 11) is -6.05. The number of esters is 1. The molecule has 0 aliphatic heterocycles. The minimum Gasteiger partial charge on any atom is -0.466 e. The number of carbonyl (C=O) groups excluding carboxylic acids is 1. The van der Waals surface area contributed by atoms with Crippen molar-refractivity contribution in [2.75, 3.05) is 11.9 Å². The second-order valence-corrected chi connectivity index (χ2v) is 10.5. The highest BCUT2D eigenvalue weighted by atomic mass is 35.5. The molecule has 5 rings (SSSR count). The van der Waals surface area contributed by atoms with E-state index in [1.54, 1.807) is 6.92 Å². The van der Waals surface area contributed by atoms with Gasteiger partial charge in [0.15, 0.2) is 5.75 Å². The summed E-state index contributed by atoms with van der Waals surface area (Å²) in [6.45, 7) is 1.89. The van der Waals surface area contributed by atoms with Crippen LogP contribution in [0.1, 0.15) is 32.6 Å². The lowest BCUT2D eigenvalue weighted by Gasteiger charge is -2.47. The first kappa shape index (κ1) is 26.4. The number of alkyl halides is 3. The maximum absolute atomic E-state index is 14.2. The molecule has 8 nitrogen and oxygen atoms in total. The molecule has 2 aromatic rings. The van der Waals surface area contributed by atoms with Gasteiger partial charge in [0.25, 0.3) is 0 Å². The summed E-state index contributed by atoms with van der Waals surface area (Å²) in [4.78, 5) is 20.8. The first-order valence-corrected chi connectivity index (χ1v) is 13.0.